The molecule has 8 heteroatoms. The number of piperidine rings is 1. The Kier molecular flexibility index (Phi) is 11.3. The number of esters is 3. The zero-order valence-corrected chi connectivity index (χ0v) is 15.4. The van der Waals surface area contributed by atoms with E-state index in [-0.39, 0.29) is 13.2 Å². The van der Waals surface area contributed by atoms with E-state index in [9.17, 15) is 19.5 Å². The van der Waals surface area contributed by atoms with Crippen molar-refractivity contribution < 1.29 is 33.7 Å². The van der Waals surface area contributed by atoms with Crippen LogP contribution in [0.2, 0.25) is 0 Å². The third kappa shape index (κ3) is 9.53. The van der Waals surface area contributed by atoms with Crippen molar-refractivity contribution >= 4 is 17.9 Å². The molecule has 0 bridgehead atoms. The lowest BCUT2D eigenvalue weighted by Gasteiger charge is -2.26. The minimum Gasteiger partial charge on any atom is -0.466 e. The molecule has 1 heterocycles. The summed E-state index contributed by atoms with van der Waals surface area (Å²) in [5, 5.41) is 9.25. The largest absolute Gasteiger partial charge is 0.466 e. The first-order valence-corrected chi connectivity index (χ1v) is 8.99. The standard InChI is InChI=1S/C18H29NO7/c1-24-16(21)7-8-17(22)26-14-15(13-20)18(23)25-12-6-5-11-19-9-3-2-4-10-19/h7-8,15,20H,2-6,9-14H2,1H3/b8-7+. The monoisotopic (exact) mass is 371 g/mol. The molecule has 0 saturated carbocycles. The normalized spacial score (nSPS) is 16.2. The van der Waals surface area contributed by atoms with Crippen molar-refractivity contribution in [2.24, 2.45) is 5.92 Å². The molecule has 1 N–H and O–H groups in total. The number of aliphatic hydroxyl groups is 1. The van der Waals surface area contributed by atoms with Gasteiger partial charge in [-0.2, -0.15) is 0 Å². The Hall–Kier alpha value is -1.93. The molecule has 26 heavy (non-hydrogen) atoms. The average molecular weight is 371 g/mol. The van der Waals surface area contributed by atoms with Crippen LogP contribution in [0.5, 0.6) is 0 Å². The quantitative estimate of drug-likeness (QED) is 0.245. The van der Waals surface area contributed by atoms with E-state index in [1.807, 2.05) is 0 Å². The molecule has 0 spiro atoms. The van der Waals surface area contributed by atoms with E-state index < -0.39 is 30.4 Å². The van der Waals surface area contributed by atoms with Gasteiger partial charge in [-0.05, 0) is 45.3 Å². The lowest BCUT2D eigenvalue weighted by atomic mass is 10.1. The Balaban J connectivity index is 2.16. The molecule has 1 aliphatic rings. The van der Waals surface area contributed by atoms with Gasteiger partial charge in [0.25, 0.3) is 0 Å². The summed E-state index contributed by atoms with van der Waals surface area (Å²) < 4.78 is 14.3. The van der Waals surface area contributed by atoms with Crippen molar-refractivity contribution in [3.05, 3.63) is 12.2 Å². The number of methoxy groups -OCH3 is 1. The first-order chi connectivity index (χ1) is 12.6. The van der Waals surface area contributed by atoms with Crippen LogP contribution in [-0.2, 0) is 28.6 Å². The summed E-state index contributed by atoms with van der Waals surface area (Å²) in [6, 6.07) is 0. The molecule has 0 amide bonds. The molecular formula is C18H29NO7. The Labute approximate surface area is 154 Å². The molecule has 1 saturated heterocycles. The number of likely N-dealkylation sites (tertiary alicyclic amines) is 1. The highest BCUT2D eigenvalue weighted by molar-refractivity contribution is 5.91. The van der Waals surface area contributed by atoms with Gasteiger partial charge in [-0.25, -0.2) is 9.59 Å². The Morgan fingerprint density at radius 1 is 1.04 bits per heavy atom. The summed E-state index contributed by atoms with van der Waals surface area (Å²) in [7, 11) is 1.18. The number of hydrogen-bond acceptors (Lipinski definition) is 8. The maximum atomic E-state index is 11.9. The van der Waals surface area contributed by atoms with Crippen LogP contribution >= 0.6 is 0 Å². The lowest BCUT2D eigenvalue weighted by molar-refractivity contribution is -0.155. The van der Waals surface area contributed by atoms with Crippen LogP contribution in [-0.4, -0.2) is 74.5 Å². The zero-order valence-electron chi connectivity index (χ0n) is 15.4. The van der Waals surface area contributed by atoms with E-state index in [0.29, 0.717) is 0 Å². The summed E-state index contributed by atoms with van der Waals surface area (Å²) >= 11 is 0. The summed E-state index contributed by atoms with van der Waals surface area (Å²) in [6.07, 6.45) is 7.32. The Bertz CT molecular complexity index is 472. The Morgan fingerprint density at radius 3 is 2.38 bits per heavy atom. The van der Waals surface area contributed by atoms with Gasteiger partial charge in [0.2, 0.25) is 0 Å². The highest BCUT2D eigenvalue weighted by Crippen LogP contribution is 2.09. The van der Waals surface area contributed by atoms with Crippen LogP contribution < -0.4 is 0 Å². The fourth-order valence-corrected chi connectivity index (χ4v) is 2.54. The highest BCUT2D eigenvalue weighted by atomic mass is 16.6. The van der Waals surface area contributed by atoms with Gasteiger partial charge < -0.3 is 24.2 Å². The predicted octanol–water partition coefficient (Wildman–Crippen LogP) is 0.677. The first kappa shape index (κ1) is 22.1. The van der Waals surface area contributed by atoms with Crippen molar-refractivity contribution in [2.45, 2.75) is 32.1 Å². The van der Waals surface area contributed by atoms with E-state index in [2.05, 4.69) is 9.64 Å². The van der Waals surface area contributed by atoms with E-state index in [0.717, 1.165) is 44.6 Å². The number of rotatable bonds is 11. The molecular weight excluding hydrogens is 342 g/mol. The van der Waals surface area contributed by atoms with Crippen molar-refractivity contribution in [1.29, 1.82) is 0 Å². The topological polar surface area (TPSA) is 102 Å². The predicted molar refractivity (Wildman–Crippen MR) is 93.2 cm³/mol. The maximum Gasteiger partial charge on any atom is 0.331 e. The second-order valence-electron chi connectivity index (χ2n) is 6.14. The van der Waals surface area contributed by atoms with Gasteiger partial charge in [0.05, 0.1) is 20.3 Å². The SMILES string of the molecule is COC(=O)/C=C/C(=O)OCC(CO)C(=O)OCCCCN1CCCCC1. The van der Waals surface area contributed by atoms with Crippen molar-refractivity contribution in [3.63, 3.8) is 0 Å². The van der Waals surface area contributed by atoms with E-state index in [4.69, 9.17) is 9.47 Å². The molecule has 0 aromatic heterocycles. The molecule has 148 valence electrons. The second kappa shape index (κ2) is 13.3. The third-order valence-electron chi connectivity index (χ3n) is 4.10. The van der Waals surface area contributed by atoms with Gasteiger partial charge in [0.1, 0.15) is 12.5 Å². The molecule has 1 atom stereocenters. The molecule has 1 unspecified atom stereocenters. The Morgan fingerprint density at radius 2 is 1.73 bits per heavy atom. The fraction of sp³-hybridized carbons (Fsp3) is 0.722. The summed E-state index contributed by atoms with van der Waals surface area (Å²) in [5.41, 5.74) is 0. The van der Waals surface area contributed by atoms with Gasteiger partial charge >= 0.3 is 17.9 Å². The molecule has 0 aromatic carbocycles. The number of unbranched alkanes of at least 4 members (excludes halogenated alkanes) is 1. The average Bonchev–Trinajstić information content (AvgIpc) is 2.67. The fourth-order valence-electron chi connectivity index (χ4n) is 2.54. The lowest BCUT2D eigenvalue weighted by Crippen LogP contribution is -2.31. The summed E-state index contributed by atoms with van der Waals surface area (Å²) in [5.74, 6) is -3.03. The maximum absolute atomic E-state index is 11.9. The number of ether oxygens (including phenoxy) is 3. The molecule has 1 fully saturated rings. The van der Waals surface area contributed by atoms with Crippen LogP contribution in [0.25, 0.3) is 0 Å². The van der Waals surface area contributed by atoms with Gasteiger partial charge in [0.15, 0.2) is 0 Å². The van der Waals surface area contributed by atoms with E-state index in [1.54, 1.807) is 0 Å². The van der Waals surface area contributed by atoms with Gasteiger partial charge in [0, 0.05) is 12.2 Å². The summed E-state index contributed by atoms with van der Waals surface area (Å²) in [6.45, 7) is 2.77. The minimum absolute atomic E-state index is 0.277. The molecule has 0 radical (unpaired) electrons. The zero-order chi connectivity index (χ0) is 19.2. The van der Waals surface area contributed by atoms with Crippen LogP contribution in [0.3, 0.4) is 0 Å². The molecule has 0 aromatic rings. The van der Waals surface area contributed by atoms with Gasteiger partial charge in [-0.1, -0.05) is 6.42 Å². The van der Waals surface area contributed by atoms with Crippen molar-refractivity contribution in [2.75, 3.05) is 46.6 Å². The van der Waals surface area contributed by atoms with Crippen molar-refractivity contribution in [3.8, 4) is 0 Å². The van der Waals surface area contributed by atoms with Crippen LogP contribution in [0, 0.1) is 5.92 Å². The first-order valence-electron chi connectivity index (χ1n) is 8.99. The molecule has 1 aliphatic heterocycles. The van der Waals surface area contributed by atoms with Crippen LogP contribution in [0.4, 0.5) is 0 Å². The number of carbonyl (C=O) groups excluding carboxylic acids is 3. The number of carbonyl (C=O) groups is 3. The van der Waals surface area contributed by atoms with Crippen LogP contribution in [0.1, 0.15) is 32.1 Å². The van der Waals surface area contributed by atoms with Crippen molar-refractivity contribution in [1.82, 2.24) is 4.90 Å². The summed E-state index contributed by atoms with van der Waals surface area (Å²) in [4.78, 5) is 36.6. The smallest absolute Gasteiger partial charge is 0.331 e. The number of hydrogen-bond donors (Lipinski definition) is 1. The third-order valence-corrected chi connectivity index (χ3v) is 4.10. The van der Waals surface area contributed by atoms with E-state index >= 15 is 0 Å². The minimum atomic E-state index is -0.937. The molecule has 0 aliphatic carbocycles. The van der Waals surface area contributed by atoms with Gasteiger partial charge in [-0.15, -0.1) is 0 Å². The number of nitrogens with zero attached hydrogens (tertiary/aromatic N) is 1. The molecule has 1 rings (SSSR count). The van der Waals surface area contributed by atoms with E-state index in [1.165, 1.54) is 26.4 Å². The van der Waals surface area contributed by atoms with Crippen LogP contribution in [0.15, 0.2) is 12.2 Å². The molecule has 8 nitrogen and oxygen atoms in total. The second-order valence-corrected chi connectivity index (χ2v) is 6.14. The van der Waals surface area contributed by atoms with Gasteiger partial charge in [-0.3, -0.25) is 4.79 Å². The number of aliphatic hydroxyl groups excluding tert-OH is 1. The highest BCUT2D eigenvalue weighted by Gasteiger charge is 2.21.